The topological polar surface area (TPSA) is 61.4 Å². The lowest BCUT2D eigenvalue weighted by molar-refractivity contribution is -0.122. The van der Waals surface area contributed by atoms with Crippen LogP contribution in [-0.4, -0.2) is 36.3 Å². The molecule has 0 bridgehead atoms. The van der Waals surface area contributed by atoms with E-state index in [2.05, 4.69) is 26.6 Å². The second-order valence-electron chi connectivity index (χ2n) is 6.50. The molecule has 0 saturated carbocycles. The molecule has 144 valence electrons. The summed E-state index contributed by atoms with van der Waals surface area (Å²) in [5.74, 6) is -0.378. The van der Waals surface area contributed by atoms with Crippen molar-refractivity contribution in [3.05, 3.63) is 57.0 Å². The van der Waals surface area contributed by atoms with Crippen LogP contribution in [-0.2, 0) is 9.59 Å². The first kappa shape index (κ1) is 21.4. The van der Waals surface area contributed by atoms with Crippen LogP contribution >= 0.6 is 27.5 Å². The highest BCUT2D eigenvalue weighted by Gasteiger charge is 2.21. The summed E-state index contributed by atoms with van der Waals surface area (Å²) in [5.41, 5.74) is 3.19. The van der Waals surface area contributed by atoms with Gasteiger partial charge in [-0.1, -0.05) is 33.6 Å². The fourth-order valence-electron chi connectivity index (χ4n) is 2.50. The molecule has 0 radical (unpaired) electrons. The Morgan fingerprint density at radius 3 is 2.52 bits per heavy atom. The molecule has 0 fully saturated rings. The molecule has 27 heavy (non-hydrogen) atoms. The van der Waals surface area contributed by atoms with Gasteiger partial charge in [-0.2, -0.15) is 0 Å². The number of aryl methyl sites for hydroxylation is 1. The highest BCUT2D eigenvalue weighted by atomic mass is 79.9. The van der Waals surface area contributed by atoms with Gasteiger partial charge >= 0.3 is 0 Å². The van der Waals surface area contributed by atoms with Gasteiger partial charge in [0, 0.05) is 20.9 Å². The lowest BCUT2D eigenvalue weighted by Crippen LogP contribution is -2.43. The fraction of sp³-hybridized carbons (Fsp3) is 0.300. The molecule has 0 aliphatic heterocycles. The standard InChI is InChI=1S/C20H23BrClN3O2/c1-12-10-15(21)8-9-17(12)23-19(26)11-25(4)14(3)20(27)24-18-7-5-6-16(22)13(18)2/h5-10,14H,11H2,1-4H3,(H,23,26)(H,24,27). The third kappa shape index (κ3) is 5.79. The van der Waals surface area contributed by atoms with E-state index >= 15 is 0 Å². The molecular weight excluding hydrogens is 430 g/mol. The number of carbonyl (C=O) groups excluding carboxylic acids is 2. The monoisotopic (exact) mass is 451 g/mol. The zero-order valence-corrected chi connectivity index (χ0v) is 18.1. The average molecular weight is 453 g/mol. The number of nitrogens with zero attached hydrogens (tertiary/aromatic N) is 1. The first-order valence-corrected chi connectivity index (χ1v) is 9.68. The molecule has 0 heterocycles. The van der Waals surface area contributed by atoms with E-state index in [1.54, 1.807) is 37.1 Å². The molecule has 2 amide bonds. The van der Waals surface area contributed by atoms with Crippen LogP contribution in [0.1, 0.15) is 18.1 Å². The smallest absolute Gasteiger partial charge is 0.241 e. The third-order valence-electron chi connectivity index (χ3n) is 4.42. The average Bonchev–Trinajstić information content (AvgIpc) is 2.60. The summed E-state index contributed by atoms with van der Waals surface area (Å²) in [7, 11) is 1.74. The van der Waals surface area contributed by atoms with E-state index in [9.17, 15) is 9.59 Å². The lowest BCUT2D eigenvalue weighted by atomic mass is 10.2. The predicted molar refractivity (Wildman–Crippen MR) is 114 cm³/mol. The number of likely N-dealkylation sites (N-methyl/N-ethyl adjacent to an activating group) is 1. The molecule has 0 spiro atoms. The first-order chi connectivity index (χ1) is 12.7. The van der Waals surface area contributed by atoms with E-state index in [4.69, 9.17) is 11.6 Å². The van der Waals surface area contributed by atoms with Crippen molar-refractivity contribution in [2.45, 2.75) is 26.8 Å². The summed E-state index contributed by atoms with van der Waals surface area (Å²) >= 11 is 9.49. The molecule has 1 atom stereocenters. The number of nitrogens with one attached hydrogen (secondary N) is 2. The van der Waals surface area contributed by atoms with Gasteiger partial charge in [0.2, 0.25) is 11.8 Å². The molecule has 1 unspecified atom stereocenters. The van der Waals surface area contributed by atoms with E-state index in [1.165, 1.54) is 0 Å². The van der Waals surface area contributed by atoms with Crippen molar-refractivity contribution in [1.82, 2.24) is 4.90 Å². The molecule has 2 rings (SSSR count). The summed E-state index contributed by atoms with van der Waals surface area (Å²) < 4.78 is 0.955. The van der Waals surface area contributed by atoms with Gasteiger partial charge in [0.05, 0.1) is 12.6 Å². The lowest BCUT2D eigenvalue weighted by Gasteiger charge is -2.24. The van der Waals surface area contributed by atoms with Gasteiger partial charge in [0.25, 0.3) is 0 Å². The van der Waals surface area contributed by atoms with Gasteiger partial charge in [0.1, 0.15) is 0 Å². The maximum Gasteiger partial charge on any atom is 0.241 e. The van der Waals surface area contributed by atoms with Crippen LogP contribution in [0, 0.1) is 13.8 Å². The van der Waals surface area contributed by atoms with Crippen molar-refractivity contribution in [3.63, 3.8) is 0 Å². The van der Waals surface area contributed by atoms with Gasteiger partial charge in [-0.05, 0) is 69.3 Å². The Balaban J connectivity index is 1.95. The van der Waals surface area contributed by atoms with Gasteiger partial charge in [-0.15, -0.1) is 0 Å². The number of benzene rings is 2. The number of rotatable bonds is 6. The van der Waals surface area contributed by atoms with E-state index in [-0.39, 0.29) is 18.4 Å². The Hall–Kier alpha value is -1.89. The van der Waals surface area contributed by atoms with Crippen molar-refractivity contribution < 1.29 is 9.59 Å². The highest BCUT2D eigenvalue weighted by molar-refractivity contribution is 9.10. The van der Waals surface area contributed by atoms with Crippen molar-refractivity contribution in [2.75, 3.05) is 24.2 Å². The minimum Gasteiger partial charge on any atom is -0.325 e. The van der Waals surface area contributed by atoms with Crippen LogP contribution in [0.5, 0.6) is 0 Å². The van der Waals surface area contributed by atoms with Crippen LogP contribution in [0.25, 0.3) is 0 Å². The third-order valence-corrected chi connectivity index (χ3v) is 5.32. The molecule has 5 nitrogen and oxygen atoms in total. The van der Waals surface area contributed by atoms with Gasteiger partial charge < -0.3 is 10.6 Å². The summed E-state index contributed by atoms with van der Waals surface area (Å²) in [6.45, 7) is 5.62. The number of anilines is 2. The van der Waals surface area contributed by atoms with Crippen LogP contribution < -0.4 is 10.6 Å². The molecule has 2 aromatic rings. The van der Waals surface area contributed by atoms with Crippen LogP contribution in [0.4, 0.5) is 11.4 Å². The Kier molecular flexibility index (Phi) is 7.41. The van der Waals surface area contributed by atoms with Crippen LogP contribution in [0.15, 0.2) is 40.9 Å². The number of hydrogen-bond donors (Lipinski definition) is 2. The van der Waals surface area contributed by atoms with Gasteiger partial charge in [0.15, 0.2) is 0 Å². The van der Waals surface area contributed by atoms with Gasteiger partial charge in [-0.3, -0.25) is 14.5 Å². The molecule has 0 aliphatic rings. The minimum absolute atomic E-state index is 0.0959. The summed E-state index contributed by atoms with van der Waals surface area (Å²) in [4.78, 5) is 26.5. The second-order valence-corrected chi connectivity index (χ2v) is 7.82. The second kappa shape index (κ2) is 9.35. The molecule has 2 N–H and O–H groups in total. The number of hydrogen-bond acceptors (Lipinski definition) is 3. The molecule has 0 aromatic heterocycles. The number of amides is 2. The van der Waals surface area contributed by atoms with Crippen molar-refractivity contribution >= 4 is 50.7 Å². The van der Waals surface area contributed by atoms with Crippen molar-refractivity contribution in [2.24, 2.45) is 0 Å². The van der Waals surface area contributed by atoms with Crippen LogP contribution in [0.3, 0.4) is 0 Å². The molecule has 0 saturated heterocycles. The molecule has 7 heteroatoms. The van der Waals surface area contributed by atoms with Crippen molar-refractivity contribution in [3.8, 4) is 0 Å². The number of halogens is 2. The van der Waals surface area contributed by atoms with E-state index in [0.29, 0.717) is 10.7 Å². The summed E-state index contributed by atoms with van der Waals surface area (Å²) in [6.07, 6.45) is 0. The normalized spacial score (nSPS) is 12.0. The molecule has 2 aromatic carbocycles. The Morgan fingerprint density at radius 1 is 1.15 bits per heavy atom. The number of carbonyl (C=O) groups is 2. The zero-order valence-electron chi connectivity index (χ0n) is 15.8. The maximum absolute atomic E-state index is 12.5. The summed E-state index contributed by atoms with van der Waals surface area (Å²) in [5, 5.41) is 6.34. The maximum atomic E-state index is 12.5. The largest absolute Gasteiger partial charge is 0.325 e. The SMILES string of the molecule is Cc1cc(Br)ccc1NC(=O)CN(C)C(C)C(=O)Nc1cccc(Cl)c1C. The van der Waals surface area contributed by atoms with E-state index in [1.807, 2.05) is 32.0 Å². The zero-order chi connectivity index (χ0) is 20.1. The molecular formula is C20H23BrClN3O2. The van der Waals surface area contributed by atoms with E-state index in [0.717, 1.165) is 21.3 Å². The Labute approximate surface area is 173 Å². The highest BCUT2D eigenvalue weighted by Crippen LogP contribution is 2.23. The summed E-state index contributed by atoms with van der Waals surface area (Å²) in [6, 6.07) is 10.5. The molecule has 0 aliphatic carbocycles. The first-order valence-electron chi connectivity index (χ1n) is 8.51. The Bertz CT molecular complexity index is 857. The van der Waals surface area contributed by atoms with Crippen molar-refractivity contribution in [1.29, 1.82) is 0 Å². The Morgan fingerprint density at radius 2 is 1.85 bits per heavy atom. The quantitative estimate of drug-likeness (QED) is 0.672. The fourth-order valence-corrected chi connectivity index (χ4v) is 3.15. The van der Waals surface area contributed by atoms with Gasteiger partial charge in [-0.25, -0.2) is 0 Å². The van der Waals surface area contributed by atoms with E-state index < -0.39 is 6.04 Å². The predicted octanol–water partition coefficient (Wildman–Crippen LogP) is 4.62. The van der Waals surface area contributed by atoms with Crippen LogP contribution in [0.2, 0.25) is 5.02 Å². The minimum atomic E-state index is -0.486.